The highest BCUT2D eigenvalue weighted by atomic mass is 32.2. The third kappa shape index (κ3) is 4.43. The molecule has 3 rings (SSSR count). The van der Waals surface area contributed by atoms with Crippen LogP contribution in [0.1, 0.15) is 49.8 Å². The Balaban J connectivity index is 1.52. The van der Waals surface area contributed by atoms with E-state index in [2.05, 4.69) is 18.2 Å². The first-order valence-corrected chi connectivity index (χ1v) is 11.2. The van der Waals surface area contributed by atoms with Crippen LogP contribution in [0.3, 0.4) is 0 Å². The van der Waals surface area contributed by atoms with E-state index in [1.54, 1.807) is 13.8 Å². The van der Waals surface area contributed by atoms with E-state index in [0.717, 1.165) is 31.2 Å². The van der Waals surface area contributed by atoms with Crippen LogP contribution in [-0.4, -0.2) is 43.3 Å². The van der Waals surface area contributed by atoms with Crippen molar-refractivity contribution < 1.29 is 13.2 Å². The van der Waals surface area contributed by atoms with Gasteiger partial charge in [-0.1, -0.05) is 18.2 Å². The number of nitrogens with zero attached hydrogens (tertiary/aromatic N) is 1. The number of piperidine rings is 1. The van der Waals surface area contributed by atoms with Gasteiger partial charge in [-0.2, -0.15) is 0 Å². The Hall–Kier alpha value is -1.36. The van der Waals surface area contributed by atoms with Crippen molar-refractivity contribution in [3.8, 4) is 0 Å². The first kappa shape index (κ1) is 18.4. The van der Waals surface area contributed by atoms with Crippen molar-refractivity contribution >= 4 is 15.7 Å². The molecule has 1 fully saturated rings. The first-order valence-electron chi connectivity index (χ1n) is 9.45. The van der Waals surface area contributed by atoms with Gasteiger partial charge in [0.1, 0.15) is 0 Å². The number of benzene rings is 1. The van der Waals surface area contributed by atoms with Crippen LogP contribution in [0.4, 0.5) is 0 Å². The second kappa shape index (κ2) is 7.48. The SMILES string of the molecule is CC(C)S(=O)(=O)CC1CCN(C(=O)Cc2ccc3c(c2)CCC3)CC1. The third-order valence-corrected chi connectivity index (χ3v) is 8.04. The van der Waals surface area contributed by atoms with Gasteiger partial charge in [-0.3, -0.25) is 4.79 Å². The van der Waals surface area contributed by atoms with E-state index in [9.17, 15) is 13.2 Å². The van der Waals surface area contributed by atoms with Crippen LogP contribution in [0.15, 0.2) is 18.2 Å². The van der Waals surface area contributed by atoms with Crippen LogP contribution < -0.4 is 0 Å². The Morgan fingerprint density at radius 3 is 2.52 bits per heavy atom. The standard InChI is InChI=1S/C20H29NO3S/c1-15(2)25(23,24)14-16-8-10-21(11-9-16)20(22)13-17-6-7-18-4-3-5-19(18)12-17/h6-7,12,15-16H,3-5,8-11,13-14H2,1-2H3. The van der Waals surface area contributed by atoms with Crippen LogP contribution >= 0.6 is 0 Å². The normalized spacial score (nSPS) is 18.6. The fourth-order valence-electron chi connectivity index (χ4n) is 3.89. The number of sulfone groups is 1. The molecule has 1 saturated heterocycles. The largest absolute Gasteiger partial charge is 0.342 e. The van der Waals surface area contributed by atoms with E-state index in [0.29, 0.717) is 19.5 Å². The molecule has 25 heavy (non-hydrogen) atoms. The summed E-state index contributed by atoms with van der Waals surface area (Å²) in [5, 5.41) is -0.313. The zero-order valence-electron chi connectivity index (χ0n) is 15.3. The Kier molecular flexibility index (Phi) is 5.52. The molecular weight excluding hydrogens is 334 g/mol. The van der Waals surface area contributed by atoms with E-state index < -0.39 is 9.84 Å². The van der Waals surface area contributed by atoms with Crippen molar-refractivity contribution in [1.82, 2.24) is 4.90 Å². The van der Waals surface area contributed by atoms with Crippen LogP contribution in [0.5, 0.6) is 0 Å². The van der Waals surface area contributed by atoms with Crippen LogP contribution in [0, 0.1) is 5.92 Å². The number of rotatable bonds is 5. The number of carbonyl (C=O) groups is 1. The average molecular weight is 364 g/mol. The fraction of sp³-hybridized carbons (Fsp3) is 0.650. The summed E-state index contributed by atoms with van der Waals surface area (Å²) in [6.07, 6.45) is 5.56. The van der Waals surface area contributed by atoms with Crippen LogP contribution in [-0.2, 0) is 33.9 Å². The van der Waals surface area contributed by atoms with E-state index in [-0.39, 0.29) is 22.8 Å². The average Bonchev–Trinajstić information content (AvgIpc) is 3.02. The van der Waals surface area contributed by atoms with Crippen molar-refractivity contribution in [2.45, 2.75) is 57.6 Å². The summed E-state index contributed by atoms with van der Waals surface area (Å²) in [6.45, 7) is 4.85. The molecule has 5 heteroatoms. The van der Waals surface area contributed by atoms with Crippen molar-refractivity contribution in [1.29, 1.82) is 0 Å². The lowest BCUT2D eigenvalue weighted by molar-refractivity contribution is -0.131. The molecule has 1 amide bonds. The predicted molar refractivity (Wildman–Crippen MR) is 100 cm³/mol. The van der Waals surface area contributed by atoms with Gasteiger partial charge in [0.2, 0.25) is 5.91 Å². The molecular formula is C20H29NO3S. The molecule has 1 aliphatic carbocycles. The highest BCUT2D eigenvalue weighted by Crippen LogP contribution is 2.24. The number of amides is 1. The molecule has 1 aliphatic heterocycles. The highest BCUT2D eigenvalue weighted by molar-refractivity contribution is 7.91. The summed E-state index contributed by atoms with van der Waals surface area (Å²) in [7, 11) is -2.99. The molecule has 1 aromatic carbocycles. The van der Waals surface area contributed by atoms with Crippen molar-refractivity contribution in [3.05, 3.63) is 34.9 Å². The molecule has 0 spiro atoms. The van der Waals surface area contributed by atoms with Crippen LogP contribution in [0.25, 0.3) is 0 Å². The van der Waals surface area contributed by atoms with E-state index in [4.69, 9.17) is 0 Å². The molecule has 138 valence electrons. The highest BCUT2D eigenvalue weighted by Gasteiger charge is 2.28. The lowest BCUT2D eigenvalue weighted by Gasteiger charge is -2.32. The smallest absolute Gasteiger partial charge is 0.226 e. The van der Waals surface area contributed by atoms with E-state index in [1.807, 2.05) is 4.90 Å². The molecule has 0 unspecified atom stereocenters. The van der Waals surface area contributed by atoms with Gasteiger partial charge in [0.25, 0.3) is 0 Å². The van der Waals surface area contributed by atoms with Gasteiger partial charge in [0, 0.05) is 13.1 Å². The van der Waals surface area contributed by atoms with Gasteiger partial charge in [-0.15, -0.1) is 0 Å². The topological polar surface area (TPSA) is 54.5 Å². The van der Waals surface area contributed by atoms with Gasteiger partial charge in [0.05, 0.1) is 17.4 Å². The minimum absolute atomic E-state index is 0.170. The van der Waals surface area contributed by atoms with Gasteiger partial charge < -0.3 is 4.90 Å². The second-order valence-corrected chi connectivity index (χ2v) is 10.4. The Labute approximate surface area is 151 Å². The number of likely N-dealkylation sites (tertiary alicyclic amines) is 1. The summed E-state index contributed by atoms with van der Waals surface area (Å²) < 4.78 is 24.1. The Bertz CT molecular complexity index is 731. The molecule has 0 radical (unpaired) electrons. The molecule has 0 bridgehead atoms. The molecule has 1 aromatic rings. The zero-order chi connectivity index (χ0) is 18.0. The molecule has 0 N–H and O–H groups in total. The number of hydrogen-bond acceptors (Lipinski definition) is 3. The summed E-state index contributed by atoms with van der Waals surface area (Å²) in [5.74, 6) is 0.622. The quantitative estimate of drug-likeness (QED) is 0.808. The zero-order valence-corrected chi connectivity index (χ0v) is 16.1. The third-order valence-electron chi connectivity index (χ3n) is 5.67. The number of fused-ring (bicyclic) bond motifs is 1. The number of aryl methyl sites for hydroxylation is 2. The summed E-state index contributed by atoms with van der Waals surface area (Å²) in [4.78, 5) is 14.5. The monoisotopic (exact) mass is 363 g/mol. The summed E-state index contributed by atoms with van der Waals surface area (Å²) >= 11 is 0. The minimum atomic E-state index is -2.99. The Morgan fingerprint density at radius 1 is 1.16 bits per heavy atom. The van der Waals surface area contributed by atoms with Gasteiger partial charge in [-0.25, -0.2) is 8.42 Å². The van der Waals surface area contributed by atoms with Crippen molar-refractivity contribution in [2.75, 3.05) is 18.8 Å². The number of carbonyl (C=O) groups excluding carboxylic acids is 1. The van der Waals surface area contributed by atoms with Gasteiger partial charge in [0.15, 0.2) is 9.84 Å². The predicted octanol–water partition coefficient (Wildman–Crippen LogP) is 2.78. The maximum atomic E-state index is 12.6. The van der Waals surface area contributed by atoms with Crippen molar-refractivity contribution in [3.63, 3.8) is 0 Å². The molecule has 0 aromatic heterocycles. The number of hydrogen-bond donors (Lipinski definition) is 0. The molecule has 2 aliphatic rings. The minimum Gasteiger partial charge on any atom is -0.342 e. The lowest BCUT2D eigenvalue weighted by atomic mass is 9.98. The molecule has 0 atom stereocenters. The molecule has 4 nitrogen and oxygen atoms in total. The molecule has 0 saturated carbocycles. The first-order chi connectivity index (χ1) is 11.8. The van der Waals surface area contributed by atoms with Crippen LogP contribution in [0.2, 0.25) is 0 Å². The van der Waals surface area contributed by atoms with Crippen molar-refractivity contribution in [2.24, 2.45) is 5.92 Å². The second-order valence-electron chi connectivity index (χ2n) is 7.84. The summed E-state index contributed by atoms with van der Waals surface area (Å²) in [6, 6.07) is 6.46. The summed E-state index contributed by atoms with van der Waals surface area (Å²) in [5.41, 5.74) is 3.95. The lowest BCUT2D eigenvalue weighted by Crippen LogP contribution is -2.41. The maximum absolute atomic E-state index is 12.6. The van der Waals surface area contributed by atoms with Gasteiger partial charge in [-0.05, 0) is 68.6 Å². The van der Waals surface area contributed by atoms with E-state index >= 15 is 0 Å². The van der Waals surface area contributed by atoms with Gasteiger partial charge >= 0.3 is 0 Å². The fourth-order valence-corrected chi connectivity index (χ4v) is 5.27. The Morgan fingerprint density at radius 2 is 1.84 bits per heavy atom. The van der Waals surface area contributed by atoms with E-state index in [1.165, 1.54) is 17.5 Å². The maximum Gasteiger partial charge on any atom is 0.226 e. The molecule has 1 heterocycles.